The predicted molar refractivity (Wildman–Crippen MR) is 105 cm³/mol. The van der Waals surface area contributed by atoms with Gasteiger partial charge in [-0.1, -0.05) is 12.1 Å². The molecule has 0 saturated heterocycles. The first-order valence-corrected chi connectivity index (χ1v) is 8.83. The maximum atomic E-state index is 13.0. The minimum atomic E-state index is -0.589. The number of amides is 1. The number of aromatic amines is 2. The molecule has 0 aliphatic carbocycles. The van der Waals surface area contributed by atoms with Crippen LogP contribution in [0.25, 0.3) is 22.2 Å². The summed E-state index contributed by atoms with van der Waals surface area (Å²) in [4.78, 5) is 46.2. The van der Waals surface area contributed by atoms with Crippen LogP contribution < -0.4 is 16.6 Å². The van der Waals surface area contributed by atoms with Crippen LogP contribution in [0.3, 0.4) is 0 Å². The molecule has 0 saturated carbocycles. The van der Waals surface area contributed by atoms with Crippen LogP contribution >= 0.6 is 0 Å². The normalized spacial score (nSPS) is 10.9. The van der Waals surface area contributed by atoms with E-state index in [9.17, 15) is 18.8 Å². The summed E-state index contributed by atoms with van der Waals surface area (Å²) in [7, 11) is 0. The summed E-state index contributed by atoms with van der Waals surface area (Å²) in [6, 6.07) is 10.8. The molecule has 3 heterocycles. The Labute approximate surface area is 163 Å². The summed E-state index contributed by atoms with van der Waals surface area (Å²) in [5.41, 5.74) is 0.990. The Kier molecular flexibility index (Phi) is 4.78. The minimum absolute atomic E-state index is 0.0102. The molecule has 3 aromatic heterocycles. The Morgan fingerprint density at radius 2 is 1.93 bits per heavy atom. The smallest absolute Gasteiger partial charge is 0.330 e. The zero-order chi connectivity index (χ0) is 20.4. The lowest BCUT2D eigenvalue weighted by molar-refractivity contribution is 0.0947. The largest absolute Gasteiger partial charge is 0.357 e. The van der Waals surface area contributed by atoms with Gasteiger partial charge in [-0.15, -0.1) is 0 Å². The van der Waals surface area contributed by atoms with Crippen molar-refractivity contribution in [3.63, 3.8) is 0 Å². The molecule has 0 atom stereocenters. The van der Waals surface area contributed by atoms with E-state index >= 15 is 0 Å². The molecule has 3 N–H and O–H groups in total. The number of benzene rings is 1. The summed E-state index contributed by atoms with van der Waals surface area (Å²) < 4.78 is 14.1. The quantitative estimate of drug-likeness (QED) is 0.478. The van der Waals surface area contributed by atoms with Crippen molar-refractivity contribution in [2.45, 2.75) is 6.54 Å². The molecule has 1 aromatic carbocycles. The molecule has 0 bridgehead atoms. The first-order valence-electron chi connectivity index (χ1n) is 8.83. The van der Waals surface area contributed by atoms with E-state index in [1.165, 1.54) is 18.3 Å². The first kappa shape index (κ1) is 18.4. The van der Waals surface area contributed by atoms with Gasteiger partial charge in [0.05, 0.1) is 5.39 Å². The fourth-order valence-electron chi connectivity index (χ4n) is 3.00. The van der Waals surface area contributed by atoms with Crippen LogP contribution in [-0.4, -0.2) is 32.0 Å². The van der Waals surface area contributed by atoms with E-state index in [-0.39, 0.29) is 30.5 Å². The fraction of sp³-hybridized carbons (Fsp3) is 0.100. The number of nitrogens with zero attached hydrogens (tertiary/aromatic N) is 2. The Morgan fingerprint density at radius 3 is 2.72 bits per heavy atom. The molecule has 0 aliphatic rings. The summed E-state index contributed by atoms with van der Waals surface area (Å²) >= 11 is 0. The summed E-state index contributed by atoms with van der Waals surface area (Å²) in [6.07, 6.45) is 3.13. The van der Waals surface area contributed by atoms with Crippen molar-refractivity contribution in [1.29, 1.82) is 0 Å². The third-order valence-electron chi connectivity index (χ3n) is 4.48. The van der Waals surface area contributed by atoms with Crippen molar-refractivity contribution >= 4 is 16.9 Å². The number of carbonyl (C=O) groups excluding carboxylic acids is 1. The molecule has 29 heavy (non-hydrogen) atoms. The molecular weight excluding hydrogens is 377 g/mol. The number of pyridine rings is 1. The predicted octanol–water partition coefficient (Wildman–Crippen LogP) is 1.65. The second-order valence-electron chi connectivity index (χ2n) is 6.35. The molecule has 1 amide bonds. The number of halogens is 1. The first-order chi connectivity index (χ1) is 14.0. The average Bonchev–Trinajstić information content (AvgIpc) is 3.21. The van der Waals surface area contributed by atoms with Crippen LogP contribution in [0.5, 0.6) is 0 Å². The van der Waals surface area contributed by atoms with Gasteiger partial charge in [0.15, 0.2) is 0 Å². The van der Waals surface area contributed by atoms with Crippen molar-refractivity contribution in [2.24, 2.45) is 0 Å². The van der Waals surface area contributed by atoms with Crippen molar-refractivity contribution in [1.82, 2.24) is 24.8 Å². The number of nitrogens with one attached hydrogen (secondary N) is 3. The van der Waals surface area contributed by atoms with E-state index < -0.39 is 11.2 Å². The molecule has 0 aliphatic heterocycles. The number of rotatable bonds is 5. The SMILES string of the molecule is O=C(NCCn1c(=O)[nH]c2ncccc2c1=O)c1cc(-c2ccc(F)cc2)c[nH]1. The van der Waals surface area contributed by atoms with Gasteiger partial charge >= 0.3 is 5.69 Å². The molecule has 4 aromatic rings. The highest BCUT2D eigenvalue weighted by Gasteiger charge is 2.11. The monoisotopic (exact) mass is 393 g/mol. The van der Waals surface area contributed by atoms with E-state index in [4.69, 9.17) is 0 Å². The van der Waals surface area contributed by atoms with Gasteiger partial charge in [0.1, 0.15) is 17.2 Å². The van der Waals surface area contributed by atoms with E-state index in [0.717, 1.165) is 15.7 Å². The van der Waals surface area contributed by atoms with Gasteiger partial charge in [0, 0.05) is 25.5 Å². The van der Waals surface area contributed by atoms with Crippen molar-refractivity contribution in [3.8, 4) is 11.1 Å². The number of carbonyl (C=O) groups is 1. The van der Waals surface area contributed by atoms with E-state index in [1.807, 2.05) is 0 Å². The van der Waals surface area contributed by atoms with Crippen LogP contribution in [0, 0.1) is 5.82 Å². The van der Waals surface area contributed by atoms with Gasteiger partial charge < -0.3 is 10.3 Å². The number of aromatic nitrogens is 4. The molecule has 0 spiro atoms. The van der Waals surface area contributed by atoms with Gasteiger partial charge in [0.2, 0.25) is 0 Å². The molecule has 0 unspecified atom stereocenters. The highest BCUT2D eigenvalue weighted by molar-refractivity contribution is 5.93. The van der Waals surface area contributed by atoms with E-state index in [0.29, 0.717) is 11.1 Å². The molecule has 146 valence electrons. The standard InChI is InChI=1S/C20H16FN5O3/c21-14-5-3-12(4-6-14)13-10-16(24-11-13)18(27)23-8-9-26-19(28)15-2-1-7-22-17(15)25-20(26)29/h1-7,10-11,24H,8-9H2,(H,23,27)(H,22,25,29). The fourth-order valence-corrected chi connectivity index (χ4v) is 3.00. The molecule has 9 heteroatoms. The van der Waals surface area contributed by atoms with Crippen LogP contribution in [-0.2, 0) is 6.54 Å². The second kappa shape index (κ2) is 7.55. The molecule has 4 rings (SSSR count). The van der Waals surface area contributed by atoms with Crippen molar-refractivity contribution in [2.75, 3.05) is 6.54 Å². The van der Waals surface area contributed by atoms with E-state index in [2.05, 4.69) is 20.3 Å². The lowest BCUT2D eigenvalue weighted by Crippen LogP contribution is -2.39. The number of hydrogen-bond acceptors (Lipinski definition) is 4. The average molecular weight is 393 g/mol. The Morgan fingerprint density at radius 1 is 1.14 bits per heavy atom. The summed E-state index contributed by atoms with van der Waals surface area (Å²) in [5, 5.41) is 2.96. The number of fused-ring (bicyclic) bond motifs is 1. The van der Waals surface area contributed by atoms with Gasteiger partial charge in [-0.25, -0.2) is 14.2 Å². The zero-order valence-electron chi connectivity index (χ0n) is 15.1. The number of hydrogen-bond donors (Lipinski definition) is 3. The Bertz CT molecular complexity index is 1300. The van der Waals surface area contributed by atoms with E-state index in [1.54, 1.807) is 36.5 Å². The third kappa shape index (κ3) is 3.70. The molecule has 0 radical (unpaired) electrons. The van der Waals surface area contributed by atoms with Gasteiger partial charge in [-0.05, 0) is 41.5 Å². The van der Waals surface area contributed by atoms with Crippen LogP contribution in [0.15, 0.2) is 64.4 Å². The lowest BCUT2D eigenvalue weighted by atomic mass is 10.1. The van der Waals surface area contributed by atoms with Gasteiger partial charge in [-0.3, -0.25) is 19.1 Å². The summed E-state index contributed by atoms with van der Waals surface area (Å²) in [5.74, 6) is -0.720. The van der Waals surface area contributed by atoms with Crippen LogP contribution in [0.2, 0.25) is 0 Å². The Hall–Kier alpha value is -4.01. The van der Waals surface area contributed by atoms with Crippen molar-refractivity contribution < 1.29 is 9.18 Å². The van der Waals surface area contributed by atoms with Gasteiger partial charge in [0.25, 0.3) is 11.5 Å². The van der Waals surface area contributed by atoms with Gasteiger partial charge in [-0.2, -0.15) is 0 Å². The van der Waals surface area contributed by atoms with Crippen LogP contribution in [0.4, 0.5) is 4.39 Å². The van der Waals surface area contributed by atoms with Crippen LogP contribution in [0.1, 0.15) is 10.5 Å². The zero-order valence-corrected chi connectivity index (χ0v) is 15.1. The molecular formula is C20H16FN5O3. The molecule has 0 fully saturated rings. The highest BCUT2D eigenvalue weighted by Crippen LogP contribution is 2.20. The molecule has 8 nitrogen and oxygen atoms in total. The topological polar surface area (TPSA) is 113 Å². The maximum absolute atomic E-state index is 13.0. The lowest BCUT2D eigenvalue weighted by Gasteiger charge is -2.07. The number of H-pyrrole nitrogens is 2. The maximum Gasteiger partial charge on any atom is 0.330 e. The third-order valence-corrected chi connectivity index (χ3v) is 4.48. The summed E-state index contributed by atoms with van der Waals surface area (Å²) in [6.45, 7) is 0.0920. The Balaban J connectivity index is 1.45. The highest BCUT2D eigenvalue weighted by atomic mass is 19.1. The van der Waals surface area contributed by atoms with Crippen molar-refractivity contribution in [3.05, 3.63) is 87.2 Å². The minimum Gasteiger partial charge on any atom is -0.357 e. The second-order valence-corrected chi connectivity index (χ2v) is 6.35.